The van der Waals surface area contributed by atoms with Crippen LogP contribution < -0.4 is 0 Å². The molecule has 0 aromatic heterocycles. The summed E-state index contributed by atoms with van der Waals surface area (Å²) in [5.41, 5.74) is 1.27. The van der Waals surface area contributed by atoms with Crippen molar-refractivity contribution in [1.82, 2.24) is 0 Å². The quantitative estimate of drug-likeness (QED) is 0.0820. The van der Waals surface area contributed by atoms with Crippen molar-refractivity contribution in [2.45, 2.75) is 151 Å². The average molecular weight is 553 g/mol. The molecular weight excluding hydrogens is 484 g/mol. The molecule has 0 unspecified atom stereocenters. The van der Waals surface area contributed by atoms with Crippen molar-refractivity contribution in [3.05, 3.63) is 60.2 Å². The second kappa shape index (κ2) is 25.4. The Hall–Kier alpha value is -1.34. The molecular formula is C39H68O. The van der Waals surface area contributed by atoms with Crippen molar-refractivity contribution in [2.75, 3.05) is 6.61 Å². The van der Waals surface area contributed by atoms with Crippen LogP contribution in [0.2, 0.25) is 0 Å². The van der Waals surface area contributed by atoms with Crippen molar-refractivity contribution < 1.29 is 4.74 Å². The standard InChI is InChI=1S/C39H68O/c1-7-8-9-10-12-20-34(2)21-15-22-35(3)23-16-24-36(4)25-17-26-37(5)27-18-28-38(6)29-19-32-40-33-39-30-13-11-14-31-39/h11,13-14,16,18,23,27,30-31,34-38H,7-10,12,15,17,19-22,24-26,28-29,32-33H2,1-6H3/b23-16+,27-18+/t34-,35-,36-,37-,38-/m0/s1. The SMILES string of the molecule is CCCCCCC[C@H](C)CCC[C@H](C)/C=C/C[C@H](C)CCC[C@H](C)/C=C/C[C@H](C)CCCOCc1ccccc1. The molecule has 0 aliphatic rings. The fraction of sp³-hybridized carbons (Fsp3) is 0.744. The molecule has 1 rings (SSSR count). The summed E-state index contributed by atoms with van der Waals surface area (Å²) < 4.78 is 5.83. The molecule has 0 heterocycles. The lowest BCUT2D eigenvalue weighted by molar-refractivity contribution is 0.114. The monoisotopic (exact) mass is 553 g/mol. The fourth-order valence-electron chi connectivity index (χ4n) is 5.63. The second-order valence-electron chi connectivity index (χ2n) is 13.3. The molecule has 0 spiro atoms. The summed E-state index contributed by atoms with van der Waals surface area (Å²) in [6.07, 6.45) is 31.4. The minimum Gasteiger partial charge on any atom is -0.377 e. The molecule has 0 amide bonds. The number of ether oxygens (including phenoxy) is 1. The van der Waals surface area contributed by atoms with Gasteiger partial charge < -0.3 is 4.74 Å². The van der Waals surface area contributed by atoms with Gasteiger partial charge in [-0.2, -0.15) is 0 Å². The predicted octanol–water partition coefficient (Wildman–Crippen LogP) is 12.8. The molecule has 0 saturated carbocycles. The van der Waals surface area contributed by atoms with Crippen LogP contribution in [0.25, 0.3) is 0 Å². The van der Waals surface area contributed by atoms with Gasteiger partial charge in [0.2, 0.25) is 0 Å². The van der Waals surface area contributed by atoms with Crippen LogP contribution in [-0.4, -0.2) is 6.61 Å². The largest absolute Gasteiger partial charge is 0.377 e. The minimum absolute atomic E-state index is 0.697. The van der Waals surface area contributed by atoms with Crippen LogP contribution in [0.3, 0.4) is 0 Å². The lowest BCUT2D eigenvalue weighted by Crippen LogP contribution is -2.00. The van der Waals surface area contributed by atoms with E-state index in [4.69, 9.17) is 4.74 Å². The normalized spacial score (nSPS) is 15.9. The van der Waals surface area contributed by atoms with E-state index in [2.05, 4.69) is 96.2 Å². The number of hydrogen-bond donors (Lipinski definition) is 0. The van der Waals surface area contributed by atoms with Crippen molar-refractivity contribution in [2.24, 2.45) is 29.6 Å². The summed E-state index contributed by atoms with van der Waals surface area (Å²) >= 11 is 0. The van der Waals surface area contributed by atoms with Gasteiger partial charge >= 0.3 is 0 Å². The lowest BCUT2D eigenvalue weighted by Gasteiger charge is -2.13. The van der Waals surface area contributed by atoms with Crippen LogP contribution in [0.1, 0.15) is 150 Å². The number of allylic oxidation sites excluding steroid dienone is 4. The molecule has 0 aliphatic heterocycles. The Morgan fingerprint density at radius 3 is 1.70 bits per heavy atom. The Balaban J connectivity index is 2.00. The summed E-state index contributed by atoms with van der Waals surface area (Å²) in [4.78, 5) is 0. The molecule has 0 bridgehead atoms. The molecule has 0 aliphatic carbocycles. The van der Waals surface area contributed by atoms with Crippen LogP contribution in [0.15, 0.2) is 54.6 Å². The molecule has 0 saturated heterocycles. The maximum Gasteiger partial charge on any atom is 0.0716 e. The van der Waals surface area contributed by atoms with Gasteiger partial charge in [0, 0.05) is 6.61 Å². The lowest BCUT2D eigenvalue weighted by atomic mass is 9.93. The van der Waals surface area contributed by atoms with E-state index < -0.39 is 0 Å². The maximum atomic E-state index is 5.83. The number of hydrogen-bond acceptors (Lipinski definition) is 1. The van der Waals surface area contributed by atoms with Crippen LogP contribution in [-0.2, 0) is 11.3 Å². The van der Waals surface area contributed by atoms with Gasteiger partial charge in [-0.15, -0.1) is 0 Å². The van der Waals surface area contributed by atoms with Gasteiger partial charge in [0.1, 0.15) is 0 Å². The number of benzene rings is 1. The zero-order valence-electron chi connectivity index (χ0n) is 27.7. The van der Waals surface area contributed by atoms with E-state index in [1.807, 2.05) is 0 Å². The fourth-order valence-corrected chi connectivity index (χ4v) is 5.63. The van der Waals surface area contributed by atoms with E-state index in [1.165, 1.54) is 102 Å². The molecule has 40 heavy (non-hydrogen) atoms. The Bertz CT molecular complexity index is 720. The molecule has 0 N–H and O–H groups in total. The second-order valence-corrected chi connectivity index (χ2v) is 13.3. The first kappa shape index (κ1) is 36.7. The summed E-state index contributed by atoms with van der Waals surface area (Å²) in [6, 6.07) is 10.5. The summed E-state index contributed by atoms with van der Waals surface area (Å²) in [5.74, 6) is 3.88. The summed E-state index contributed by atoms with van der Waals surface area (Å²) in [7, 11) is 0. The Kier molecular flexibility index (Phi) is 23.3. The van der Waals surface area contributed by atoms with E-state index in [1.54, 1.807) is 0 Å². The summed E-state index contributed by atoms with van der Waals surface area (Å²) in [5, 5.41) is 0. The molecule has 0 radical (unpaired) electrons. The first-order valence-electron chi connectivity index (χ1n) is 17.4. The Labute approximate surface area is 251 Å². The van der Waals surface area contributed by atoms with Crippen molar-refractivity contribution in [3.8, 4) is 0 Å². The molecule has 1 nitrogen and oxygen atoms in total. The minimum atomic E-state index is 0.697. The van der Waals surface area contributed by atoms with Gasteiger partial charge in [0.15, 0.2) is 0 Å². The Morgan fingerprint density at radius 2 is 1.10 bits per heavy atom. The third-order valence-corrected chi connectivity index (χ3v) is 8.62. The van der Waals surface area contributed by atoms with E-state index >= 15 is 0 Å². The van der Waals surface area contributed by atoms with Gasteiger partial charge in [-0.05, 0) is 73.7 Å². The van der Waals surface area contributed by atoms with Crippen LogP contribution >= 0.6 is 0 Å². The smallest absolute Gasteiger partial charge is 0.0716 e. The first-order valence-corrected chi connectivity index (χ1v) is 17.4. The van der Waals surface area contributed by atoms with Crippen LogP contribution in [0.4, 0.5) is 0 Å². The van der Waals surface area contributed by atoms with E-state index in [9.17, 15) is 0 Å². The highest BCUT2D eigenvalue weighted by Gasteiger charge is 2.06. The number of unbranched alkanes of at least 4 members (excludes halogenated alkanes) is 4. The maximum absolute atomic E-state index is 5.83. The number of rotatable bonds is 26. The van der Waals surface area contributed by atoms with Gasteiger partial charge in [0.05, 0.1) is 6.61 Å². The highest BCUT2D eigenvalue weighted by Crippen LogP contribution is 2.21. The molecule has 1 aromatic rings. The summed E-state index contributed by atoms with van der Waals surface area (Å²) in [6.45, 7) is 16.0. The Morgan fingerprint density at radius 1 is 0.575 bits per heavy atom. The van der Waals surface area contributed by atoms with Gasteiger partial charge in [-0.1, -0.05) is 160 Å². The van der Waals surface area contributed by atoms with Crippen molar-refractivity contribution in [1.29, 1.82) is 0 Å². The third-order valence-electron chi connectivity index (χ3n) is 8.62. The van der Waals surface area contributed by atoms with Gasteiger partial charge in [-0.25, -0.2) is 0 Å². The molecule has 0 fully saturated rings. The first-order chi connectivity index (χ1) is 19.4. The molecule has 1 heteroatoms. The van der Waals surface area contributed by atoms with E-state index in [-0.39, 0.29) is 0 Å². The third kappa shape index (κ3) is 22.4. The highest BCUT2D eigenvalue weighted by molar-refractivity contribution is 5.13. The van der Waals surface area contributed by atoms with Crippen molar-refractivity contribution >= 4 is 0 Å². The van der Waals surface area contributed by atoms with E-state index in [0.717, 1.165) is 43.3 Å². The molecule has 1 aromatic carbocycles. The van der Waals surface area contributed by atoms with Crippen molar-refractivity contribution in [3.63, 3.8) is 0 Å². The predicted molar refractivity (Wildman–Crippen MR) is 180 cm³/mol. The highest BCUT2D eigenvalue weighted by atomic mass is 16.5. The van der Waals surface area contributed by atoms with Gasteiger partial charge in [0.25, 0.3) is 0 Å². The average Bonchev–Trinajstić information content (AvgIpc) is 2.93. The van der Waals surface area contributed by atoms with Crippen LogP contribution in [0.5, 0.6) is 0 Å². The van der Waals surface area contributed by atoms with Crippen LogP contribution in [0, 0.1) is 29.6 Å². The molecule has 5 atom stereocenters. The van der Waals surface area contributed by atoms with E-state index in [0.29, 0.717) is 5.92 Å². The topological polar surface area (TPSA) is 9.23 Å². The molecule has 230 valence electrons. The zero-order valence-corrected chi connectivity index (χ0v) is 27.7. The van der Waals surface area contributed by atoms with Gasteiger partial charge in [-0.3, -0.25) is 0 Å². The zero-order chi connectivity index (χ0) is 29.3.